The third-order valence-corrected chi connectivity index (χ3v) is 4.52. The molecule has 1 N–H and O–H groups in total. The van der Waals surface area contributed by atoms with E-state index in [1.165, 1.54) is 14.2 Å². The normalized spacial score (nSPS) is 11.3. The third-order valence-electron chi connectivity index (χ3n) is 3.07. The van der Waals surface area contributed by atoms with Crippen molar-refractivity contribution < 1.29 is 26.7 Å². The lowest BCUT2D eigenvalue weighted by atomic mass is 10.2. The van der Waals surface area contributed by atoms with Crippen LogP contribution < -0.4 is 14.2 Å². The molecule has 124 valence electrons. The molecule has 23 heavy (non-hydrogen) atoms. The van der Waals surface area contributed by atoms with Crippen LogP contribution in [0.3, 0.4) is 0 Å². The zero-order chi connectivity index (χ0) is 17.0. The van der Waals surface area contributed by atoms with E-state index < -0.39 is 26.6 Å². The average molecular weight is 343 g/mol. The largest absolute Gasteiger partial charge is 0.497 e. The molecule has 0 amide bonds. The van der Waals surface area contributed by atoms with Gasteiger partial charge in [0.25, 0.3) is 0 Å². The van der Waals surface area contributed by atoms with E-state index in [2.05, 4.69) is 4.72 Å². The Labute approximate surface area is 132 Å². The summed E-state index contributed by atoms with van der Waals surface area (Å²) in [5.41, 5.74) is 0.515. The van der Waals surface area contributed by atoms with Crippen molar-refractivity contribution in [1.29, 1.82) is 0 Å². The highest BCUT2D eigenvalue weighted by Crippen LogP contribution is 2.23. The Balaban J connectivity index is 2.26. The number of benzene rings is 2. The fourth-order valence-corrected chi connectivity index (χ4v) is 3.11. The molecule has 5 nitrogen and oxygen atoms in total. The van der Waals surface area contributed by atoms with Crippen molar-refractivity contribution in [3.05, 3.63) is 53.6 Å². The van der Waals surface area contributed by atoms with Crippen LogP contribution in [0.5, 0.6) is 11.5 Å². The SMILES string of the molecule is COc1cc(CNS(=O)(=O)c2c(F)cccc2F)cc(OC)c1. The minimum absolute atomic E-state index is 0.177. The van der Waals surface area contributed by atoms with E-state index in [1.54, 1.807) is 18.2 Å². The number of nitrogens with one attached hydrogen (secondary N) is 1. The van der Waals surface area contributed by atoms with Gasteiger partial charge < -0.3 is 9.47 Å². The molecule has 0 aromatic heterocycles. The van der Waals surface area contributed by atoms with Gasteiger partial charge in [0, 0.05) is 12.6 Å². The van der Waals surface area contributed by atoms with Gasteiger partial charge in [0.15, 0.2) is 4.90 Å². The van der Waals surface area contributed by atoms with Crippen LogP contribution in [-0.2, 0) is 16.6 Å². The lowest BCUT2D eigenvalue weighted by Crippen LogP contribution is -2.25. The molecule has 0 bridgehead atoms. The fourth-order valence-electron chi connectivity index (χ4n) is 1.96. The summed E-state index contributed by atoms with van der Waals surface area (Å²) in [6.07, 6.45) is 0. The highest BCUT2D eigenvalue weighted by molar-refractivity contribution is 7.89. The average Bonchev–Trinajstić information content (AvgIpc) is 2.52. The minimum atomic E-state index is -4.34. The number of methoxy groups -OCH3 is 2. The first-order chi connectivity index (χ1) is 10.9. The van der Waals surface area contributed by atoms with Crippen molar-refractivity contribution in [1.82, 2.24) is 4.72 Å². The molecule has 0 aliphatic rings. The number of halogens is 2. The maximum Gasteiger partial charge on any atom is 0.246 e. The number of ether oxygens (including phenoxy) is 2. The Bertz CT molecular complexity index is 767. The third kappa shape index (κ3) is 3.96. The minimum Gasteiger partial charge on any atom is -0.497 e. The van der Waals surface area contributed by atoms with Crippen molar-refractivity contribution in [2.45, 2.75) is 11.4 Å². The first-order valence-corrected chi connectivity index (χ1v) is 8.01. The van der Waals surface area contributed by atoms with Crippen molar-refractivity contribution in [3.8, 4) is 11.5 Å². The molecule has 0 spiro atoms. The van der Waals surface area contributed by atoms with E-state index >= 15 is 0 Å². The summed E-state index contributed by atoms with van der Waals surface area (Å²) in [5, 5.41) is 0. The molecule has 0 saturated carbocycles. The van der Waals surface area contributed by atoms with Gasteiger partial charge in [-0.3, -0.25) is 0 Å². The van der Waals surface area contributed by atoms with Crippen LogP contribution >= 0.6 is 0 Å². The Morgan fingerprint density at radius 3 is 2.00 bits per heavy atom. The predicted molar refractivity (Wildman–Crippen MR) is 79.9 cm³/mol. The van der Waals surface area contributed by atoms with Gasteiger partial charge in [0.1, 0.15) is 23.1 Å². The zero-order valence-electron chi connectivity index (χ0n) is 12.5. The van der Waals surface area contributed by atoms with Crippen LogP contribution in [-0.4, -0.2) is 22.6 Å². The molecule has 0 unspecified atom stereocenters. The van der Waals surface area contributed by atoms with E-state index in [4.69, 9.17) is 9.47 Å². The number of sulfonamides is 1. The topological polar surface area (TPSA) is 64.6 Å². The molecule has 0 aliphatic carbocycles. The van der Waals surface area contributed by atoms with Crippen molar-refractivity contribution in [2.24, 2.45) is 0 Å². The number of rotatable bonds is 6. The second-order valence-electron chi connectivity index (χ2n) is 4.60. The highest BCUT2D eigenvalue weighted by Gasteiger charge is 2.23. The quantitative estimate of drug-likeness (QED) is 0.875. The summed E-state index contributed by atoms with van der Waals surface area (Å²) in [6.45, 7) is -0.177. The van der Waals surface area contributed by atoms with Crippen LogP contribution in [0.2, 0.25) is 0 Å². The first-order valence-electron chi connectivity index (χ1n) is 6.53. The molecule has 0 radical (unpaired) electrons. The molecule has 2 aromatic rings. The van der Waals surface area contributed by atoms with Gasteiger partial charge in [-0.1, -0.05) is 6.07 Å². The van der Waals surface area contributed by atoms with Gasteiger partial charge in [-0.2, -0.15) is 0 Å². The van der Waals surface area contributed by atoms with Crippen LogP contribution in [0, 0.1) is 11.6 Å². The van der Waals surface area contributed by atoms with Crippen LogP contribution in [0.4, 0.5) is 8.78 Å². The van der Waals surface area contributed by atoms with Gasteiger partial charge >= 0.3 is 0 Å². The maximum absolute atomic E-state index is 13.6. The molecule has 0 atom stereocenters. The Hall–Kier alpha value is -2.19. The van der Waals surface area contributed by atoms with Gasteiger partial charge in [0.2, 0.25) is 10.0 Å². The Morgan fingerprint density at radius 1 is 1.00 bits per heavy atom. The van der Waals surface area contributed by atoms with Crippen LogP contribution in [0.1, 0.15) is 5.56 Å². The molecule has 0 aliphatic heterocycles. The van der Waals surface area contributed by atoms with Gasteiger partial charge in [0.05, 0.1) is 14.2 Å². The van der Waals surface area contributed by atoms with E-state index in [9.17, 15) is 17.2 Å². The zero-order valence-corrected chi connectivity index (χ0v) is 13.3. The molecule has 8 heteroatoms. The molecule has 0 fully saturated rings. The smallest absolute Gasteiger partial charge is 0.246 e. The lowest BCUT2D eigenvalue weighted by molar-refractivity contribution is 0.393. The standard InChI is InChI=1S/C15H15F2NO4S/c1-21-11-6-10(7-12(8-11)22-2)9-18-23(19,20)15-13(16)4-3-5-14(15)17/h3-8,18H,9H2,1-2H3. The molecular formula is C15H15F2NO4S. The van der Waals surface area contributed by atoms with Crippen LogP contribution in [0.15, 0.2) is 41.3 Å². The summed E-state index contributed by atoms with van der Waals surface area (Å²) in [4.78, 5) is -1.00. The van der Waals surface area contributed by atoms with Gasteiger partial charge in [-0.15, -0.1) is 0 Å². The van der Waals surface area contributed by atoms with E-state index in [1.807, 2.05) is 0 Å². The van der Waals surface area contributed by atoms with Gasteiger partial charge in [-0.25, -0.2) is 21.9 Å². The number of hydrogen-bond acceptors (Lipinski definition) is 4. The Morgan fingerprint density at radius 2 is 1.52 bits per heavy atom. The highest BCUT2D eigenvalue weighted by atomic mass is 32.2. The maximum atomic E-state index is 13.6. The first kappa shape index (κ1) is 17.2. The van der Waals surface area contributed by atoms with Gasteiger partial charge in [-0.05, 0) is 29.8 Å². The molecular weight excluding hydrogens is 328 g/mol. The van der Waals surface area contributed by atoms with E-state index in [0.717, 1.165) is 18.2 Å². The molecule has 0 heterocycles. The van der Waals surface area contributed by atoms with Crippen molar-refractivity contribution in [2.75, 3.05) is 14.2 Å². The summed E-state index contributed by atoms with van der Waals surface area (Å²) in [7, 11) is -1.43. The summed E-state index contributed by atoms with van der Waals surface area (Å²) >= 11 is 0. The lowest BCUT2D eigenvalue weighted by Gasteiger charge is -2.11. The molecule has 0 saturated heterocycles. The van der Waals surface area contributed by atoms with Crippen LogP contribution in [0.25, 0.3) is 0 Å². The van der Waals surface area contributed by atoms with Crippen molar-refractivity contribution >= 4 is 10.0 Å². The Kier molecular flexibility index (Phi) is 5.17. The second-order valence-corrected chi connectivity index (χ2v) is 6.30. The summed E-state index contributed by atoms with van der Waals surface area (Å²) in [6, 6.07) is 7.65. The van der Waals surface area contributed by atoms with Crippen molar-refractivity contribution in [3.63, 3.8) is 0 Å². The summed E-state index contributed by atoms with van der Waals surface area (Å²) in [5.74, 6) is -1.37. The van der Waals surface area contributed by atoms with E-state index in [0.29, 0.717) is 17.1 Å². The predicted octanol–water partition coefficient (Wildman–Crippen LogP) is 2.46. The van der Waals surface area contributed by atoms with E-state index in [-0.39, 0.29) is 6.54 Å². The summed E-state index contributed by atoms with van der Waals surface area (Å²) < 4.78 is 63.7. The molecule has 2 aromatic carbocycles. The number of hydrogen-bond donors (Lipinski definition) is 1. The monoisotopic (exact) mass is 343 g/mol. The fraction of sp³-hybridized carbons (Fsp3) is 0.200. The second kappa shape index (κ2) is 6.93. The molecule has 2 rings (SSSR count).